The second kappa shape index (κ2) is 13.2. The lowest BCUT2D eigenvalue weighted by Crippen LogP contribution is -2.28. The molecule has 0 bridgehead atoms. The maximum Gasteiger partial charge on any atom is 0.412 e. The Hall–Kier alpha value is -2.65. The van der Waals surface area contributed by atoms with Crippen molar-refractivity contribution in [3.05, 3.63) is 28.8 Å². The fourth-order valence-corrected chi connectivity index (χ4v) is 3.14. The van der Waals surface area contributed by atoms with Crippen molar-refractivity contribution in [2.45, 2.75) is 79.8 Å². The monoisotopic (exact) mass is 467 g/mol. The van der Waals surface area contributed by atoms with Crippen molar-refractivity contribution in [2.24, 2.45) is 5.92 Å². The first-order valence-corrected chi connectivity index (χ1v) is 11.1. The summed E-state index contributed by atoms with van der Waals surface area (Å²) in [6.07, 6.45) is -1.54. The van der Waals surface area contributed by atoms with E-state index in [1.54, 1.807) is 53.7 Å². The standard InChI is InChI=1S/C24H37NO8/c1-8-30-21(27)13-18(22(28)31-9-2)12-17-10-11-20(25-23(29)33-24(5,6)7)15(3)19(17)14-32-16(4)26/h10-11,16,18,26H,8-9,12-14H2,1-7H3,(H,25,29)/t16?,18-/m1/s1. The summed E-state index contributed by atoms with van der Waals surface area (Å²) in [5, 5.41) is 12.3. The summed E-state index contributed by atoms with van der Waals surface area (Å²) in [6.45, 7) is 12.4. The Bertz CT molecular complexity index is 813. The number of nitrogens with one attached hydrogen (secondary N) is 1. The molecule has 186 valence electrons. The Morgan fingerprint density at radius 1 is 1.09 bits per heavy atom. The van der Waals surface area contributed by atoms with Crippen molar-refractivity contribution in [1.29, 1.82) is 0 Å². The van der Waals surface area contributed by atoms with Crippen LogP contribution in [0.4, 0.5) is 10.5 Å². The van der Waals surface area contributed by atoms with Crippen molar-refractivity contribution >= 4 is 23.7 Å². The van der Waals surface area contributed by atoms with Gasteiger partial charge in [0.2, 0.25) is 0 Å². The van der Waals surface area contributed by atoms with Crippen LogP contribution in [0.25, 0.3) is 0 Å². The summed E-state index contributed by atoms with van der Waals surface area (Å²) in [5.41, 5.74) is 1.96. The zero-order valence-corrected chi connectivity index (χ0v) is 20.6. The molecule has 1 aromatic carbocycles. The number of aliphatic hydroxyl groups excluding tert-OH is 1. The molecule has 0 aromatic heterocycles. The van der Waals surface area contributed by atoms with Gasteiger partial charge in [-0.15, -0.1) is 0 Å². The lowest BCUT2D eigenvalue weighted by molar-refractivity contribution is -0.154. The number of ether oxygens (including phenoxy) is 4. The second-order valence-corrected chi connectivity index (χ2v) is 8.58. The quantitative estimate of drug-likeness (QED) is 0.286. The third-order valence-electron chi connectivity index (χ3n) is 4.60. The molecule has 0 fully saturated rings. The average Bonchev–Trinajstić information content (AvgIpc) is 2.67. The number of benzene rings is 1. The molecular weight excluding hydrogens is 430 g/mol. The molecule has 9 heteroatoms. The van der Waals surface area contributed by atoms with E-state index in [2.05, 4.69) is 5.32 Å². The number of hydrogen-bond donors (Lipinski definition) is 2. The van der Waals surface area contributed by atoms with E-state index in [4.69, 9.17) is 18.9 Å². The summed E-state index contributed by atoms with van der Waals surface area (Å²) in [7, 11) is 0. The highest BCUT2D eigenvalue weighted by Gasteiger charge is 2.26. The van der Waals surface area contributed by atoms with Crippen molar-refractivity contribution in [2.75, 3.05) is 18.5 Å². The van der Waals surface area contributed by atoms with E-state index in [-0.39, 0.29) is 32.7 Å². The number of aliphatic hydroxyl groups is 1. The molecule has 0 aliphatic carbocycles. The predicted molar refractivity (Wildman–Crippen MR) is 123 cm³/mol. The molecule has 1 amide bonds. The van der Waals surface area contributed by atoms with Crippen LogP contribution in [0.5, 0.6) is 0 Å². The summed E-state index contributed by atoms with van der Waals surface area (Å²) >= 11 is 0. The molecule has 2 N–H and O–H groups in total. The average molecular weight is 468 g/mol. The minimum Gasteiger partial charge on any atom is -0.466 e. The SMILES string of the molecule is CCOC(=O)C[C@@H](Cc1ccc(NC(=O)OC(C)(C)C)c(C)c1COC(C)O)C(=O)OCC. The molecule has 0 saturated heterocycles. The highest BCUT2D eigenvalue weighted by atomic mass is 16.6. The molecule has 0 heterocycles. The number of carbonyl (C=O) groups excluding carboxylic acids is 3. The van der Waals surface area contributed by atoms with Gasteiger partial charge in [0.05, 0.1) is 32.2 Å². The zero-order chi connectivity index (χ0) is 25.2. The van der Waals surface area contributed by atoms with Crippen LogP contribution in [0.2, 0.25) is 0 Å². The summed E-state index contributed by atoms with van der Waals surface area (Å²) < 4.78 is 20.9. The molecule has 0 spiro atoms. The third-order valence-corrected chi connectivity index (χ3v) is 4.60. The van der Waals surface area contributed by atoms with Crippen molar-refractivity contribution < 1.29 is 38.4 Å². The Balaban J connectivity index is 3.27. The molecule has 1 unspecified atom stereocenters. The van der Waals surface area contributed by atoms with Crippen LogP contribution in [-0.4, -0.2) is 48.2 Å². The lowest BCUT2D eigenvalue weighted by atomic mass is 9.90. The molecule has 1 rings (SSSR count). The molecule has 0 saturated carbocycles. The molecule has 2 atom stereocenters. The van der Waals surface area contributed by atoms with Crippen molar-refractivity contribution in [3.8, 4) is 0 Å². The molecule has 9 nitrogen and oxygen atoms in total. The Morgan fingerprint density at radius 3 is 2.27 bits per heavy atom. The van der Waals surface area contributed by atoms with Crippen molar-refractivity contribution in [1.82, 2.24) is 0 Å². The van der Waals surface area contributed by atoms with E-state index in [0.29, 0.717) is 16.8 Å². The number of amides is 1. The summed E-state index contributed by atoms with van der Waals surface area (Å²) in [4.78, 5) is 36.8. The van der Waals surface area contributed by atoms with E-state index >= 15 is 0 Å². The number of rotatable bonds is 11. The minimum absolute atomic E-state index is 0.0393. The zero-order valence-electron chi connectivity index (χ0n) is 20.6. The Morgan fingerprint density at radius 2 is 1.73 bits per heavy atom. The molecule has 33 heavy (non-hydrogen) atoms. The number of anilines is 1. The van der Waals surface area contributed by atoms with Gasteiger partial charge < -0.3 is 24.1 Å². The third kappa shape index (κ3) is 10.2. The summed E-state index contributed by atoms with van der Waals surface area (Å²) in [6, 6.07) is 3.45. The van der Waals surface area contributed by atoms with Crippen molar-refractivity contribution in [3.63, 3.8) is 0 Å². The smallest absolute Gasteiger partial charge is 0.412 e. The molecule has 0 aliphatic heterocycles. The van der Waals surface area contributed by atoms with Crippen LogP contribution in [0.15, 0.2) is 12.1 Å². The van der Waals surface area contributed by atoms with Crippen LogP contribution in [0.3, 0.4) is 0 Å². The van der Waals surface area contributed by atoms with Gasteiger partial charge in [0.25, 0.3) is 0 Å². The predicted octanol–water partition coefficient (Wildman–Crippen LogP) is 3.87. The van der Waals surface area contributed by atoms with Crippen LogP contribution in [0, 0.1) is 12.8 Å². The highest BCUT2D eigenvalue weighted by Crippen LogP contribution is 2.28. The van der Waals surface area contributed by atoms with E-state index in [0.717, 1.165) is 5.56 Å². The highest BCUT2D eigenvalue weighted by molar-refractivity contribution is 5.86. The minimum atomic E-state index is -1.01. The topological polar surface area (TPSA) is 120 Å². The number of hydrogen-bond acceptors (Lipinski definition) is 8. The van der Waals surface area contributed by atoms with Gasteiger partial charge in [-0.1, -0.05) is 6.07 Å². The maximum absolute atomic E-state index is 12.5. The van der Waals surface area contributed by atoms with Gasteiger partial charge in [0, 0.05) is 5.69 Å². The largest absolute Gasteiger partial charge is 0.466 e. The van der Waals surface area contributed by atoms with Gasteiger partial charge in [-0.2, -0.15) is 0 Å². The van der Waals surface area contributed by atoms with E-state index < -0.39 is 35.8 Å². The second-order valence-electron chi connectivity index (χ2n) is 8.58. The Labute approximate surface area is 195 Å². The number of esters is 2. The van der Waals surface area contributed by atoms with Crippen LogP contribution in [-0.2, 0) is 41.6 Å². The van der Waals surface area contributed by atoms with Crippen LogP contribution in [0.1, 0.15) is 64.7 Å². The van der Waals surface area contributed by atoms with Crippen LogP contribution >= 0.6 is 0 Å². The van der Waals surface area contributed by atoms with E-state index in [1.807, 2.05) is 0 Å². The molecule has 0 radical (unpaired) electrons. The Kier molecular flexibility index (Phi) is 11.3. The maximum atomic E-state index is 12.5. The fraction of sp³-hybridized carbons (Fsp3) is 0.625. The molecule has 1 aromatic rings. The fourth-order valence-electron chi connectivity index (χ4n) is 3.14. The van der Waals surface area contributed by atoms with Gasteiger partial charge in [-0.25, -0.2) is 4.79 Å². The van der Waals surface area contributed by atoms with Gasteiger partial charge in [0.15, 0.2) is 6.29 Å². The van der Waals surface area contributed by atoms with Gasteiger partial charge in [-0.05, 0) is 77.6 Å². The van der Waals surface area contributed by atoms with Gasteiger partial charge in [-0.3, -0.25) is 14.9 Å². The first-order chi connectivity index (χ1) is 15.4. The number of carbonyl (C=O) groups is 3. The first-order valence-electron chi connectivity index (χ1n) is 11.1. The lowest BCUT2D eigenvalue weighted by Gasteiger charge is -2.23. The first kappa shape index (κ1) is 28.4. The van der Waals surface area contributed by atoms with Gasteiger partial charge >= 0.3 is 18.0 Å². The van der Waals surface area contributed by atoms with Gasteiger partial charge in [0.1, 0.15) is 5.60 Å². The van der Waals surface area contributed by atoms with Crippen LogP contribution < -0.4 is 5.32 Å². The summed E-state index contributed by atoms with van der Waals surface area (Å²) in [5.74, 6) is -1.74. The molecular formula is C24H37NO8. The normalized spacial score (nSPS) is 13.1. The van der Waals surface area contributed by atoms with E-state index in [1.165, 1.54) is 6.92 Å². The molecule has 0 aliphatic rings. The van der Waals surface area contributed by atoms with E-state index in [9.17, 15) is 19.5 Å².